The number of halogens is 2. The second-order valence-corrected chi connectivity index (χ2v) is 11.5. The van der Waals surface area contributed by atoms with Crippen LogP contribution in [0.2, 0.25) is 0 Å². The number of methoxy groups -OCH3 is 1. The Morgan fingerprint density at radius 1 is 1.00 bits per heavy atom. The predicted molar refractivity (Wildman–Crippen MR) is 185 cm³/mol. The van der Waals surface area contributed by atoms with Crippen LogP contribution in [0, 0.1) is 11.6 Å². The maximum Gasteiger partial charge on any atom is 0.247 e. The Morgan fingerprint density at radius 2 is 1.82 bits per heavy atom. The maximum atomic E-state index is 14.8. The number of ether oxygens (including phenoxy) is 2. The fourth-order valence-electron chi connectivity index (χ4n) is 5.91. The van der Waals surface area contributed by atoms with Gasteiger partial charge in [0.05, 0.1) is 36.8 Å². The highest BCUT2D eigenvalue weighted by Gasteiger charge is 2.30. The number of hydrogen-bond donors (Lipinski definition) is 2. The molecule has 0 unspecified atom stereocenters. The average Bonchev–Trinajstić information content (AvgIpc) is 3.59. The number of amides is 1. The lowest BCUT2D eigenvalue weighted by molar-refractivity contribution is -0.111. The Labute approximate surface area is 283 Å². The lowest BCUT2D eigenvalue weighted by atomic mass is 10.0. The lowest BCUT2D eigenvalue weighted by Gasteiger charge is -2.36. The molecular weight excluding hydrogens is 632 g/mol. The van der Waals surface area contributed by atoms with E-state index in [0.717, 1.165) is 38.4 Å². The van der Waals surface area contributed by atoms with Gasteiger partial charge in [-0.05, 0) is 42.0 Å². The molecule has 254 valence electrons. The Balaban J connectivity index is 1.25. The number of nitrogens with one attached hydrogen (secondary N) is 2. The van der Waals surface area contributed by atoms with Gasteiger partial charge in [0, 0.05) is 63.4 Å². The second-order valence-electron chi connectivity index (χ2n) is 11.5. The van der Waals surface area contributed by atoms with Gasteiger partial charge in [-0.3, -0.25) is 14.5 Å². The zero-order valence-electron chi connectivity index (χ0n) is 27.1. The van der Waals surface area contributed by atoms with E-state index in [0.29, 0.717) is 47.4 Å². The van der Waals surface area contributed by atoms with Gasteiger partial charge in [0.2, 0.25) is 5.91 Å². The first kappa shape index (κ1) is 33.4. The summed E-state index contributed by atoms with van der Waals surface area (Å²) in [6.45, 7) is 11.9. The molecule has 6 rings (SSSR count). The van der Waals surface area contributed by atoms with Crippen molar-refractivity contribution in [3.63, 3.8) is 0 Å². The smallest absolute Gasteiger partial charge is 0.247 e. The number of carbonyl (C=O) groups excluding carboxylic acids is 1. The predicted octanol–water partition coefficient (Wildman–Crippen LogP) is 6.61. The van der Waals surface area contributed by atoms with Crippen molar-refractivity contribution in [2.45, 2.75) is 12.5 Å². The van der Waals surface area contributed by atoms with Crippen LogP contribution in [0.3, 0.4) is 0 Å². The molecule has 2 N–H and O–H groups in total. The first-order valence-electron chi connectivity index (χ1n) is 15.8. The van der Waals surface area contributed by atoms with Crippen molar-refractivity contribution in [2.24, 2.45) is 0 Å². The molecule has 3 aromatic carbocycles. The van der Waals surface area contributed by atoms with Crippen molar-refractivity contribution < 1.29 is 27.9 Å². The number of piperazine rings is 1. The molecule has 2 aliphatic heterocycles. The zero-order valence-corrected chi connectivity index (χ0v) is 27.1. The van der Waals surface area contributed by atoms with Gasteiger partial charge in [-0.25, -0.2) is 23.8 Å². The molecule has 11 nitrogen and oxygen atoms in total. The third-order valence-corrected chi connectivity index (χ3v) is 8.22. The summed E-state index contributed by atoms with van der Waals surface area (Å²) in [4.78, 5) is 31.8. The quantitative estimate of drug-likeness (QED) is 0.126. The minimum Gasteiger partial charge on any atom is -0.494 e. The lowest BCUT2D eigenvalue weighted by Crippen LogP contribution is -2.46. The van der Waals surface area contributed by atoms with Crippen LogP contribution < -0.4 is 30.1 Å². The number of anilines is 5. The van der Waals surface area contributed by atoms with Crippen LogP contribution in [0.1, 0.15) is 18.0 Å². The highest BCUT2D eigenvalue weighted by molar-refractivity contribution is 6.02. The molecule has 0 saturated carbocycles. The summed E-state index contributed by atoms with van der Waals surface area (Å²) in [7, 11) is 1.58. The second kappa shape index (κ2) is 15.1. The van der Waals surface area contributed by atoms with Crippen molar-refractivity contribution in [2.75, 3.05) is 67.0 Å². The number of aromatic nitrogens is 2. The van der Waals surface area contributed by atoms with Gasteiger partial charge in [0.1, 0.15) is 41.0 Å². The third-order valence-electron chi connectivity index (χ3n) is 8.22. The monoisotopic (exact) mass is 669 g/mol. The van der Waals surface area contributed by atoms with Gasteiger partial charge in [-0.1, -0.05) is 18.7 Å². The summed E-state index contributed by atoms with van der Waals surface area (Å²) in [5.74, 6) is 0.586. The first-order valence-corrected chi connectivity index (χ1v) is 15.8. The van der Waals surface area contributed by atoms with E-state index < -0.39 is 17.7 Å². The maximum absolute atomic E-state index is 14.8. The molecular formula is C36H37F2N7O4. The molecule has 0 radical (unpaired) electrons. The number of rotatable bonds is 12. The van der Waals surface area contributed by atoms with E-state index in [2.05, 4.69) is 43.6 Å². The van der Waals surface area contributed by atoms with E-state index in [1.807, 2.05) is 12.1 Å². The van der Waals surface area contributed by atoms with E-state index in [4.69, 9.17) is 14.3 Å². The molecule has 0 aliphatic carbocycles. The van der Waals surface area contributed by atoms with Crippen LogP contribution >= 0.6 is 0 Å². The van der Waals surface area contributed by atoms with E-state index in [-0.39, 0.29) is 17.4 Å². The van der Waals surface area contributed by atoms with Crippen LogP contribution in [-0.4, -0.2) is 67.2 Å². The molecule has 13 heteroatoms. The Kier molecular flexibility index (Phi) is 10.3. The van der Waals surface area contributed by atoms with E-state index in [1.54, 1.807) is 36.4 Å². The normalized spacial score (nSPS) is 16.3. The Morgan fingerprint density at radius 3 is 2.57 bits per heavy atom. The largest absolute Gasteiger partial charge is 0.494 e. The van der Waals surface area contributed by atoms with Gasteiger partial charge in [-0.2, -0.15) is 0 Å². The van der Waals surface area contributed by atoms with Gasteiger partial charge in [0.25, 0.3) is 0 Å². The van der Waals surface area contributed by atoms with Crippen molar-refractivity contribution in [3.8, 4) is 17.2 Å². The summed E-state index contributed by atoms with van der Waals surface area (Å²) in [5.41, 5.74) is 2.57. The van der Waals surface area contributed by atoms with Crippen LogP contribution in [0.5, 0.6) is 17.2 Å². The van der Waals surface area contributed by atoms with E-state index in [9.17, 15) is 13.6 Å². The average molecular weight is 670 g/mol. The fourth-order valence-corrected chi connectivity index (χ4v) is 5.91. The van der Waals surface area contributed by atoms with Gasteiger partial charge in [0.15, 0.2) is 5.82 Å². The highest BCUT2D eigenvalue weighted by Crippen LogP contribution is 2.40. The Hall–Kier alpha value is -5.53. The number of hydroxylamine groups is 1. The zero-order chi connectivity index (χ0) is 34.3. The SMILES string of the molecule is C=CCN1CCN(c2cc(OC)c(Nc3cc(N4OCC[C@@H]4c4cc(F)cc(Oc5cccc(F)c5)c4)ncn3)cc2NC(=O)C=C)CC1. The van der Waals surface area contributed by atoms with Gasteiger partial charge >= 0.3 is 0 Å². The number of carbonyl (C=O) groups is 1. The van der Waals surface area contributed by atoms with Crippen molar-refractivity contribution in [1.29, 1.82) is 0 Å². The fraction of sp³-hybridized carbons (Fsp3) is 0.250. The number of hydrogen-bond acceptors (Lipinski definition) is 10. The summed E-state index contributed by atoms with van der Waals surface area (Å²) in [6, 6.07) is 15.0. The molecule has 3 heterocycles. The first-order chi connectivity index (χ1) is 23.8. The number of benzene rings is 3. The topological polar surface area (TPSA) is 104 Å². The summed E-state index contributed by atoms with van der Waals surface area (Å²) in [5, 5.41) is 7.83. The van der Waals surface area contributed by atoms with Gasteiger partial charge in [-0.15, -0.1) is 6.58 Å². The van der Waals surface area contributed by atoms with Crippen LogP contribution in [-0.2, 0) is 9.63 Å². The molecule has 0 bridgehead atoms. The van der Waals surface area contributed by atoms with Crippen LogP contribution in [0.15, 0.2) is 92.3 Å². The highest BCUT2D eigenvalue weighted by atomic mass is 19.1. The summed E-state index contributed by atoms with van der Waals surface area (Å²) >= 11 is 0. The molecule has 2 fully saturated rings. The van der Waals surface area contributed by atoms with Crippen molar-refractivity contribution >= 4 is 34.6 Å². The molecule has 2 saturated heterocycles. The van der Waals surface area contributed by atoms with Gasteiger partial charge < -0.3 is 25.0 Å². The Bertz CT molecular complexity index is 1830. The minimum absolute atomic E-state index is 0.228. The molecule has 1 amide bonds. The summed E-state index contributed by atoms with van der Waals surface area (Å²) in [6.07, 6.45) is 5.07. The molecule has 0 spiro atoms. The molecule has 49 heavy (non-hydrogen) atoms. The molecule has 4 aromatic rings. The van der Waals surface area contributed by atoms with E-state index in [1.165, 1.54) is 42.7 Å². The molecule has 1 aromatic heterocycles. The van der Waals surface area contributed by atoms with Crippen LogP contribution in [0.25, 0.3) is 0 Å². The standard InChI is InChI=1S/C36H37F2N7O4/c1-4-10-43-11-13-44(14-12-43)32-21-33(47-3)30(20-29(32)42-36(46)5-2)41-34-22-35(40-23-39-34)45-31(9-15-48-45)24-16-26(38)19-28(17-24)49-27-8-6-7-25(37)18-27/h4-8,16-23,31H,1-2,9-15H2,3H3,(H,42,46)(H,39,40,41)/t31-/m1/s1. The van der Waals surface area contributed by atoms with Crippen molar-refractivity contribution in [1.82, 2.24) is 14.9 Å². The summed E-state index contributed by atoms with van der Waals surface area (Å²) < 4.78 is 40.1. The minimum atomic E-state index is -0.505. The van der Waals surface area contributed by atoms with Crippen molar-refractivity contribution in [3.05, 3.63) is 109 Å². The number of nitrogens with zero attached hydrogens (tertiary/aromatic N) is 5. The molecule has 2 aliphatic rings. The molecule has 1 atom stereocenters. The third kappa shape index (κ3) is 7.96. The van der Waals surface area contributed by atoms with E-state index >= 15 is 0 Å². The van der Waals surface area contributed by atoms with Crippen LogP contribution in [0.4, 0.5) is 37.5 Å².